The van der Waals surface area contributed by atoms with Gasteiger partial charge in [0.05, 0.1) is 0 Å². The Labute approximate surface area is 121 Å². The fourth-order valence-corrected chi connectivity index (χ4v) is 2.72. The number of hydrogen-bond donors (Lipinski definition) is 1. The lowest BCUT2D eigenvalue weighted by atomic mass is 10.0. The Balaban J connectivity index is 2.15. The second-order valence-electron chi connectivity index (χ2n) is 5.37. The maximum absolute atomic E-state index is 12.7. The van der Waals surface area contributed by atoms with Gasteiger partial charge < -0.3 is 10.0 Å². The third kappa shape index (κ3) is 4.12. The zero-order chi connectivity index (χ0) is 15.5. The fourth-order valence-electron chi connectivity index (χ4n) is 2.72. The Morgan fingerprint density at radius 2 is 1.86 bits per heavy atom. The van der Waals surface area contributed by atoms with Gasteiger partial charge in [-0.1, -0.05) is 25.0 Å². The first-order valence-corrected chi connectivity index (χ1v) is 7.03. The molecule has 2 rings (SSSR count). The highest BCUT2D eigenvalue weighted by Crippen LogP contribution is 2.26. The number of phenols is 1. The zero-order valence-corrected chi connectivity index (χ0v) is 11.6. The first kappa shape index (κ1) is 15.7. The van der Waals surface area contributed by atoms with Gasteiger partial charge in [-0.25, -0.2) is 0 Å². The van der Waals surface area contributed by atoms with Gasteiger partial charge in [-0.05, 0) is 37.0 Å². The van der Waals surface area contributed by atoms with Gasteiger partial charge >= 0.3 is 12.1 Å². The lowest BCUT2D eigenvalue weighted by Gasteiger charge is -2.30. The van der Waals surface area contributed by atoms with Crippen LogP contribution >= 0.6 is 0 Å². The van der Waals surface area contributed by atoms with Crippen LogP contribution in [0, 0.1) is 0 Å². The van der Waals surface area contributed by atoms with Gasteiger partial charge in [-0.15, -0.1) is 0 Å². The molecule has 1 saturated heterocycles. The highest BCUT2D eigenvalue weighted by molar-refractivity contribution is 5.82. The van der Waals surface area contributed by atoms with Gasteiger partial charge in [0.25, 0.3) is 0 Å². The third-order valence-electron chi connectivity index (χ3n) is 3.79. The smallest absolute Gasteiger partial charge is 0.471 e. The summed E-state index contributed by atoms with van der Waals surface area (Å²) in [4.78, 5) is 12.6. The quantitative estimate of drug-likeness (QED) is 0.911. The Bertz CT molecular complexity index is 485. The lowest BCUT2D eigenvalue weighted by molar-refractivity contribution is -0.187. The van der Waals surface area contributed by atoms with E-state index in [1.165, 1.54) is 12.1 Å². The van der Waals surface area contributed by atoms with Crippen LogP contribution in [-0.4, -0.2) is 34.7 Å². The Kier molecular flexibility index (Phi) is 4.75. The maximum atomic E-state index is 12.7. The highest BCUT2D eigenvalue weighted by atomic mass is 19.4. The molecule has 0 spiro atoms. The minimum atomic E-state index is -4.82. The van der Waals surface area contributed by atoms with Crippen molar-refractivity contribution in [1.82, 2.24) is 4.90 Å². The molecule has 6 heteroatoms. The molecule has 1 unspecified atom stereocenters. The maximum Gasteiger partial charge on any atom is 0.471 e. The molecule has 1 heterocycles. The van der Waals surface area contributed by atoms with Crippen LogP contribution in [0.4, 0.5) is 13.2 Å². The summed E-state index contributed by atoms with van der Waals surface area (Å²) in [5.41, 5.74) is 0.819. The molecule has 1 aromatic rings. The summed E-state index contributed by atoms with van der Waals surface area (Å²) >= 11 is 0. The summed E-state index contributed by atoms with van der Waals surface area (Å²) in [6, 6.07) is 5.92. The molecule has 1 aromatic carbocycles. The van der Waals surface area contributed by atoms with Crippen LogP contribution in [-0.2, 0) is 11.2 Å². The zero-order valence-electron chi connectivity index (χ0n) is 11.6. The van der Waals surface area contributed by atoms with Crippen molar-refractivity contribution in [3.05, 3.63) is 29.8 Å². The van der Waals surface area contributed by atoms with Crippen LogP contribution in [0.3, 0.4) is 0 Å². The van der Waals surface area contributed by atoms with E-state index in [2.05, 4.69) is 0 Å². The van der Waals surface area contributed by atoms with Gasteiger partial charge in [0.1, 0.15) is 5.75 Å². The van der Waals surface area contributed by atoms with E-state index < -0.39 is 18.1 Å². The number of nitrogens with zero attached hydrogens (tertiary/aromatic N) is 1. The highest BCUT2D eigenvalue weighted by Gasteiger charge is 2.44. The Morgan fingerprint density at radius 1 is 1.19 bits per heavy atom. The van der Waals surface area contributed by atoms with Crippen LogP contribution in [0.2, 0.25) is 0 Å². The molecule has 3 nitrogen and oxygen atoms in total. The fraction of sp³-hybridized carbons (Fsp3) is 0.533. The summed E-state index contributed by atoms with van der Waals surface area (Å²) in [5.74, 6) is -1.63. The number of likely N-dealkylation sites (tertiary alicyclic amines) is 1. The summed E-state index contributed by atoms with van der Waals surface area (Å²) in [6.45, 7) is 0.154. The van der Waals surface area contributed by atoms with E-state index in [0.29, 0.717) is 19.3 Å². The van der Waals surface area contributed by atoms with Crippen molar-refractivity contribution < 1.29 is 23.1 Å². The van der Waals surface area contributed by atoms with Crippen molar-refractivity contribution in [1.29, 1.82) is 0 Å². The van der Waals surface area contributed by atoms with E-state index in [4.69, 9.17) is 0 Å². The van der Waals surface area contributed by atoms with Gasteiger partial charge in [0.15, 0.2) is 0 Å². The van der Waals surface area contributed by atoms with Crippen molar-refractivity contribution in [2.24, 2.45) is 0 Å². The van der Waals surface area contributed by atoms with E-state index in [1.807, 2.05) is 0 Å². The molecule has 0 radical (unpaired) electrons. The first-order valence-electron chi connectivity index (χ1n) is 7.03. The molecule has 0 aromatic heterocycles. The molecule has 1 N–H and O–H groups in total. The summed E-state index contributed by atoms with van der Waals surface area (Å²) in [5, 5.41) is 9.24. The van der Waals surface area contributed by atoms with E-state index in [0.717, 1.165) is 23.3 Å². The number of phenolic OH excluding ortho intramolecular Hbond substituents is 1. The van der Waals surface area contributed by atoms with E-state index >= 15 is 0 Å². The van der Waals surface area contributed by atoms with Crippen LogP contribution < -0.4 is 0 Å². The Morgan fingerprint density at radius 3 is 2.48 bits per heavy atom. The number of aromatic hydroxyl groups is 1. The topological polar surface area (TPSA) is 40.5 Å². The molecule has 116 valence electrons. The average Bonchev–Trinajstić information content (AvgIpc) is 2.65. The summed E-state index contributed by atoms with van der Waals surface area (Å²) in [7, 11) is 0. The third-order valence-corrected chi connectivity index (χ3v) is 3.79. The van der Waals surface area contributed by atoms with Gasteiger partial charge in [0, 0.05) is 12.6 Å². The number of benzene rings is 1. The van der Waals surface area contributed by atoms with Crippen molar-refractivity contribution in [2.45, 2.75) is 44.3 Å². The predicted molar refractivity (Wildman–Crippen MR) is 71.8 cm³/mol. The number of amides is 1. The molecular formula is C15H18F3NO2. The minimum absolute atomic E-state index is 0.114. The number of carbonyl (C=O) groups is 1. The molecule has 1 aliphatic rings. The average molecular weight is 301 g/mol. The first-order chi connectivity index (χ1) is 9.88. The standard InChI is InChI=1S/C15H18F3NO2/c16-15(17,18)14(21)19-9-3-1-2-4-12(19)10-11-5-7-13(20)8-6-11/h5-8,12,20H,1-4,9-10H2. The van der Waals surface area contributed by atoms with Crippen molar-refractivity contribution in [3.63, 3.8) is 0 Å². The number of carbonyl (C=O) groups excluding carboxylic acids is 1. The molecule has 0 bridgehead atoms. The normalized spacial score (nSPS) is 20.1. The summed E-state index contributed by atoms with van der Waals surface area (Å²) < 4.78 is 38.1. The molecule has 0 aliphatic carbocycles. The molecule has 1 fully saturated rings. The Hall–Kier alpha value is -1.72. The van der Waals surface area contributed by atoms with Crippen LogP contribution in [0.15, 0.2) is 24.3 Å². The largest absolute Gasteiger partial charge is 0.508 e. The molecule has 0 saturated carbocycles. The lowest BCUT2D eigenvalue weighted by Crippen LogP contribution is -2.47. The van der Waals surface area contributed by atoms with Crippen molar-refractivity contribution in [2.75, 3.05) is 6.54 Å². The summed E-state index contributed by atoms with van der Waals surface area (Å²) in [6.07, 6.45) is -1.60. The second-order valence-corrected chi connectivity index (χ2v) is 5.37. The van der Waals surface area contributed by atoms with Crippen molar-refractivity contribution >= 4 is 5.91 Å². The SMILES string of the molecule is O=C(N1CCCCCC1Cc1ccc(O)cc1)C(F)(F)F. The number of alkyl halides is 3. The van der Waals surface area contributed by atoms with E-state index in [-0.39, 0.29) is 12.3 Å². The van der Waals surface area contributed by atoms with E-state index in [9.17, 15) is 23.1 Å². The predicted octanol–water partition coefficient (Wildman–Crippen LogP) is 3.27. The molecule has 21 heavy (non-hydrogen) atoms. The minimum Gasteiger partial charge on any atom is -0.508 e. The van der Waals surface area contributed by atoms with Gasteiger partial charge in [-0.3, -0.25) is 4.79 Å². The number of halogens is 3. The van der Waals surface area contributed by atoms with E-state index in [1.54, 1.807) is 12.1 Å². The van der Waals surface area contributed by atoms with Gasteiger partial charge in [-0.2, -0.15) is 13.2 Å². The monoisotopic (exact) mass is 301 g/mol. The second kappa shape index (κ2) is 6.37. The number of rotatable bonds is 2. The van der Waals surface area contributed by atoms with Crippen LogP contribution in [0.25, 0.3) is 0 Å². The molecular weight excluding hydrogens is 283 g/mol. The van der Waals surface area contributed by atoms with Crippen molar-refractivity contribution in [3.8, 4) is 5.75 Å². The van der Waals surface area contributed by atoms with Crippen LogP contribution in [0.1, 0.15) is 31.2 Å². The number of hydrogen-bond acceptors (Lipinski definition) is 2. The molecule has 1 atom stereocenters. The molecule has 1 amide bonds. The molecule has 1 aliphatic heterocycles. The van der Waals surface area contributed by atoms with Crippen LogP contribution in [0.5, 0.6) is 5.75 Å². The van der Waals surface area contributed by atoms with Gasteiger partial charge in [0.2, 0.25) is 0 Å².